The first-order valence-electron chi connectivity index (χ1n) is 4.53. The van der Waals surface area contributed by atoms with Crippen LogP contribution >= 0.6 is 0 Å². The molecular formula is C10H20O. The van der Waals surface area contributed by atoms with E-state index in [0.717, 1.165) is 12.0 Å². The van der Waals surface area contributed by atoms with Gasteiger partial charge in [-0.15, -0.1) is 0 Å². The smallest absolute Gasteiger partial charge is 0.0880 e. The Morgan fingerprint density at radius 3 is 2.18 bits per heavy atom. The molecule has 0 aliphatic rings. The van der Waals surface area contributed by atoms with Crippen molar-refractivity contribution in [3.8, 4) is 0 Å². The number of aliphatic hydroxyl groups excluding tert-OH is 1. The minimum atomic E-state index is 0.501. The maximum absolute atomic E-state index is 9.06. The van der Waals surface area contributed by atoms with Gasteiger partial charge in [-0.2, -0.15) is 0 Å². The van der Waals surface area contributed by atoms with Crippen LogP contribution in [0.15, 0.2) is 11.3 Å². The topological polar surface area (TPSA) is 20.2 Å². The summed E-state index contributed by atoms with van der Waals surface area (Å²) in [6, 6.07) is 0. The maximum Gasteiger partial charge on any atom is 0.0880 e. The fraction of sp³-hybridized carbons (Fsp3) is 0.800. The molecule has 0 heterocycles. The van der Waals surface area contributed by atoms with E-state index >= 15 is 0 Å². The zero-order valence-corrected chi connectivity index (χ0v) is 7.98. The first-order valence-corrected chi connectivity index (χ1v) is 4.53. The van der Waals surface area contributed by atoms with Crippen LogP contribution in [0.2, 0.25) is 0 Å². The Kier molecular flexibility index (Phi) is 6.00. The molecule has 0 fully saturated rings. The lowest BCUT2D eigenvalue weighted by Gasteiger charge is -2.01. The van der Waals surface area contributed by atoms with Crippen LogP contribution in [0.5, 0.6) is 0 Å². The zero-order valence-electron chi connectivity index (χ0n) is 7.98. The summed E-state index contributed by atoms with van der Waals surface area (Å²) in [4.78, 5) is 0. The van der Waals surface area contributed by atoms with Crippen molar-refractivity contribution in [2.75, 3.05) is 0 Å². The summed E-state index contributed by atoms with van der Waals surface area (Å²) in [6.45, 7) is 5.97. The molecule has 0 aliphatic heterocycles. The van der Waals surface area contributed by atoms with Gasteiger partial charge in [0, 0.05) is 0 Å². The molecule has 0 atom stereocenters. The van der Waals surface area contributed by atoms with Crippen molar-refractivity contribution < 1.29 is 5.11 Å². The van der Waals surface area contributed by atoms with Crippen LogP contribution in [0.3, 0.4) is 0 Å². The third kappa shape index (κ3) is 5.96. The molecule has 0 aliphatic carbocycles. The number of hydrogen-bond donors (Lipinski definition) is 1. The lowest BCUT2D eigenvalue weighted by atomic mass is 10.1. The summed E-state index contributed by atoms with van der Waals surface area (Å²) >= 11 is 0. The average molecular weight is 156 g/mol. The van der Waals surface area contributed by atoms with Gasteiger partial charge in [-0.3, -0.25) is 0 Å². The molecule has 1 heteroatoms. The molecule has 0 saturated heterocycles. The molecule has 0 aromatic rings. The highest BCUT2D eigenvalue weighted by molar-refractivity contribution is 5.01. The lowest BCUT2D eigenvalue weighted by Crippen LogP contribution is -1.84. The molecule has 1 nitrogen and oxygen atoms in total. The van der Waals surface area contributed by atoms with E-state index in [2.05, 4.69) is 6.92 Å². The van der Waals surface area contributed by atoms with Gasteiger partial charge in [0.25, 0.3) is 0 Å². The SMILES string of the molecule is CCCCCCC(C)=C(C)O. The minimum Gasteiger partial charge on any atom is -0.513 e. The van der Waals surface area contributed by atoms with E-state index in [9.17, 15) is 0 Å². The molecule has 1 N–H and O–H groups in total. The first kappa shape index (κ1) is 10.5. The van der Waals surface area contributed by atoms with E-state index in [4.69, 9.17) is 5.11 Å². The Balaban J connectivity index is 3.32. The van der Waals surface area contributed by atoms with Gasteiger partial charge in [0.15, 0.2) is 0 Å². The van der Waals surface area contributed by atoms with Crippen LogP contribution in [0, 0.1) is 0 Å². The molecule has 0 radical (unpaired) electrons. The minimum absolute atomic E-state index is 0.501. The monoisotopic (exact) mass is 156 g/mol. The van der Waals surface area contributed by atoms with E-state index in [0.29, 0.717) is 5.76 Å². The third-order valence-corrected chi connectivity index (χ3v) is 2.02. The van der Waals surface area contributed by atoms with Gasteiger partial charge >= 0.3 is 0 Å². The highest BCUT2D eigenvalue weighted by atomic mass is 16.3. The summed E-state index contributed by atoms with van der Waals surface area (Å²) in [5.74, 6) is 0.501. The average Bonchev–Trinajstić information content (AvgIpc) is 1.97. The molecule has 0 bridgehead atoms. The molecular weight excluding hydrogens is 136 g/mol. The Hall–Kier alpha value is -0.460. The van der Waals surface area contributed by atoms with E-state index in [1.165, 1.54) is 25.7 Å². The molecule has 0 saturated carbocycles. The van der Waals surface area contributed by atoms with E-state index in [-0.39, 0.29) is 0 Å². The summed E-state index contributed by atoms with van der Waals surface area (Å²) in [5, 5.41) is 9.06. The second kappa shape index (κ2) is 6.26. The van der Waals surface area contributed by atoms with Gasteiger partial charge in [0.1, 0.15) is 0 Å². The Bertz CT molecular complexity index is 121. The fourth-order valence-electron chi connectivity index (χ4n) is 0.998. The Morgan fingerprint density at radius 2 is 1.73 bits per heavy atom. The van der Waals surface area contributed by atoms with Crippen LogP contribution < -0.4 is 0 Å². The van der Waals surface area contributed by atoms with Crippen LogP contribution in [-0.2, 0) is 0 Å². The number of hydrogen-bond acceptors (Lipinski definition) is 1. The maximum atomic E-state index is 9.06. The van der Waals surface area contributed by atoms with Gasteiger partial charge in [-0.1, -0.05) is 26.2 Å². The summed E-state index contributed by atoms with van der Waals surface area (Å²) < 4.78 is 0. The Labute approximate surface area is 70.1 Å². The standard InChI is InChI=1S/C10H20O/c1-4-5-6-7-8-9(2)10(3)11/h11H,4-8H2,1-3H3. The zero-order chi connectivity index (χ0) is 8.69. The molecule has 0 amide bonds. The normalized spacial score (nSPS) is 13.0. The van der Waals surface area contributed by atoms with E-state index in [1.54, 1.807) is 6.92 Å². The van der Waals surface area contributed by atoms with Gasteiger partial charge in [-0.25, -0.2) is 0 Å². The number of allylic oxidation sites excluding steroid dienone is 2. The molecule has 66 valence electrons. The van der Waals surface area contributed by atoms with Crippen molar-refractivity contribution in [2.45, 2.75) is 52.9 Å². The van der Waals surface area contributed by atoms with Gasteiger partial charge in [-0.05, 0) is 32.3 Å². The van der Waals surface area contributed by atoms with Gasteiger partial charge in [0.2, 0.25) is 0 Å². The lowest BCUT2D eigenvalue weighted by molar-refractivity contribution is 0.403. The van der Waals surface area contributed by atoms with Crippen molar-refractivity contribution in [1.29, 1.82) is 0 Å². The first-order chi connectivity index (χ1) is 5.18. The molecule has 0 aromatic carbocycles. The predicted octanol–water partition coefficient (Wildman–Crippen LogP) is 3.81. The second-order valence-electron chi connectivity index (χ2n) is 3.18. The van der Waals surface area contributed by atoms with Crippen LogP contribution in [0.1, 0.15) is 52.9 Å². The summed E-state index contributed by atoms with van der Waals surface area (Å²) in [5.41, 5.74) is 1.14. The quantitative estimate of drug-likeness (QED) is 0.474. The summed E-state index contributed by atoms with van der Waals surface area (Å²) in [7, 11) is 0. The third-order valence-electron chi connectivity index (χ3n) is 2.02. The summed E-state index contributed by atoms with van der Waals surface area (Å²) in [6.07, 6.45) is 6.17. The predicted molar refractivity (Wildman–Crippen MR) is 49.8 cm³/mol. The van der Waals surface area contributed by atoms with Crippen LogP contribution in [0.25, 0.3) is 0 Å². The molecule has 0 unspecified atom stereocenters. The highest BCUT2D eigenvalue weighted by Gasteiger charge is 1.94. The van der Waals surface area contributed by atoms with Crippen molar-refractivity contribution >= 4 is 0 Å². The Morgan fingerprint density at radius 1 is 1.09 bits per heavy atom. The van der Waals surface area contributed by atoms with Crippen molar-refractivity contribution in [2.24, 2.45) is 0 Å². The van der Waals surface area contributed by atoms with Crippen molar-refractivity contribution in [1.82, 2.24) is 0 Å². The van der Waals surface area contributed by atoms with Gasteiger partial charge < -0.3 is 5.11 Å². The second-order valence-corrected chi connectivity index (χ2v) is 3.18. The molecule has 11 heavy (non-hydrogen) atoms. The number of aliphatic hydroxyl groups is 1. The molecule has 0 aromatic heterocycles. The van der Waals surface area contributed by atoms with E-state index < -0.39 is 0 Å². The number of unbranched alkanes of at least 4 members (excludes halogenated alkanes) is 3. The molecule has 0 rings (SSSR count). The fourth-order valence-corrected chi connectivity index (χ4v) is 0.998. The highest BCUT2D eigenvalue weighted by Crippen LogP contribution is 2.11. The van der Waals surface area contributed by atoms with Gasteiger partial charge in [0.05, 0.1) is 5.76 Å². The van der Waals surface area contributed by atoms with Crippen molar-refractivity contribution in [3.05, 3.63) is 11.3 Å². The van der Waals surface area contributed by atoms with Crippen LogP contribution in [0.4, 0.5) is 0 Å². The largest absolute Gasteiger partial charge is 0.513 e. The molecule has 0 spiro atoms. The van der Waals surface area contributed by atoms with E-state index in [1.807, 2.05) is 6.92 Å². The number of rotatable bonds is 5. The van der Waals surface area contributed by atoms with Crippen molar-refractivity contribution in [3.63, 3.8) is 0 Å². The van der Waals surface area contributed by atoms with Crippen LogP contribution in [-0.4, -0.2) is 5.11 Å².